The van der Waals surface area contributed by atoms with Gasteiger partial charge in [-0.2, -0.15) is 0 Å². The Labute approximate surface area is 142 Å². The van der Waals surface area contributed by atoms with E-state index in [2.05, 4.69) is 5.32 Å². The first-order valence-electron chi connectivity index (χ1n) is 7.88. The Morgan fingerprint density at radius 2 is 2.00 bits per heavy atom. The molecule has 23 heavy (non-hydrogen) atoms. The van der Waals surface area contributed by atoms with Crippen molar-refractivity contribution in [3.05, 3.63) is 24.3 Å². The highest BCUT2D eigenvalue weighted by Gasteiger charge is 2.17. The predicted molar refractivity (Wildman–Crippen MR) is 94.0 cm³/mol. The van der Waals surface area contributed by atoms with E-state index < -0.39 is 0 Å². The lowest BCUT2D eigenvalue weighted by atomic mass is 10.3. The highest BCUT2D eigenvalue weighted by molar-refractivity contribution is 8.01. The molecule has 0 aliphatic carbocycles. The van der Waals surface area contributed by atoms with Crippen LogP contribution in [0.25, 0.3) is 0 Å². The molecule has 0 aliphatic rings. The molecule has 0 bridgehead atoms. The number of unbranched alkanes of at least 4 members (excludes halogenated alkanes) is 1. The Balaban J connectivity index is 2.41. The van der Waals surface area contributed by atoms with E-state index in [9.17, 15) is 9.59 Å². The molecule has 0 saturated heterocycles. The number of thioether (sulfide) groups is 1. The third-order valence-corrected chi connectivity index (χ3v) is 4.12. The highest BCUT2D eigenvalue weighted by atomic mass is 32.2. The monoisotopic (exact) mass is 339 g/mol. The first-order chi connectivity index (χ1) is 11.1. The van der Waals surface area contributed by atoms with Gasteiger partial charge in [-0.1, -0.05) is 25.5 Å². The normalized spacial score (nSPS) is 11.6. The van der Waals surface area contributed by atoms with E-state index in [1.54, 1.807) is 19.1 Å². The molecular formula is C17H25NO4S. The van der Waals surface area contributed by atoms with Gasteiger partial charge in [0.25, 0.3) is 0 Å². The Morgan fingerprint density at radius 3 is 2.70 bits per heavy atom. The summed E-state index contributed by atoms with van der Waals surface area (Å²) in [5, 5.41) is 2.44. The van der Waals surface area contributed by atoms with Gasteiger partial charge in [0, 0.05) is 0 Å². The summed E-state index contributed by atoms with van der Waals surface area (Å²) in [7, 11) is 0. The van der Waals surface area contributed by atoms with Crippen molar-refractivity contribution in [2.75, 3.05) is 24.3 Å². The average Bonchev–Trinajstić information content (AvgIpc) is 2.54. The summed E-state index contributed by atoms with van der Waals surface area (Å²) in [5.74, 6) is 0.381. The number of hydrogen-bond acceptors (Lipinski definition) is 5. The van der Waals surface area contributed by atoms with Crippen LogP contribution in [0.3, 0.4) is 0 Å². The van der Waals surface area contributed by atoms with Crippen molar-refractivity contribution >= 4 is 29.3 Å². The lowest BCUT2D eigenvalue weighted by Crippen LogP contribution is -2.22. The molecule has 1 amide bonds. The van der Waals surface area contributed by atoms with Gasteiger partial charge in [-0.3, -0.25) is 9.59 Å². The first-order valence-corrected chi connectivity index (χ1v) is 8.93. The summed E-state index contributed by atoms with van der Waals surface area (Å²) in [6.45, 7) is 6.65. The van der Waals surface area contributed by atoms with Gasteiger partial charge in [0.2, 0.25) is 5.91 Å². The maximum absolute atomic E-state index is 12.0. The minimum absolute atomic E-state index is 0.171. The van der Waals surface area contributed by atoms with Crippen molar-refractivity contribution in [2.24, 2.45) is 0 Å². The highest BCUT2D eigenvalue weighted by Crippen LogP contribution is 2.24. The smallest absolute Gasteiger partial charge is 0.318 e. The molecular weight excluding hydrogens is 314 g/mol. The van der Waals surface area contributed by atoms with Crippen molar-refractivity contribution < 1.29 is 19.1 Å². The second-order valence-electron chi connectivity index (χ2n) is 4.95. The van der Waals surface area contributed by atoms with E-state index >= 15 is 0 Å². The van der Waals surface area contributed by atoms with E-state index in [1.165, 1.54) is 11.8 Å². The van der Waals surface area contributed by atoms with Crippen molar-refractivity contribution in [3.8, 4) is 5.75 Å². The fraction of sp³-hybridized carbons (Fsp3) is 0.529. The fourth-order valence-corrected chi connectivity index (χ4v) is 2.42. The number of benzene rings is 1. The van der Waals surface area contributed by atoms with Gasteiger partial charge in [-0.05, 0) is 32.4 Å². The molecule has 1 aromatic carbocycles. The van der Waals surface area contributed by atoms with Crippen molar-refractivity contribution in [3.63, 3.8) is 0 Å². The Bertz CT molecular complexity index is 507. The van der Waals surface area contributed by atoms with Gasteiger partial charge in [0.15, 0.2) is 0 Å². The number of carbonyl (C=O) groups excluding carboxylic acids is 2. The van der Waals surface area contributed by atoms with Crippen LogP contribution in [0.4, 0.5) is 5.69 Å². The van der Waals surface area contributed by atoms with E-state index in [0.29, 0.717) is 24.7 Å². The molecule has 1 rings (SSSR count). The Morgan fingerprint density at radius 1 is 1.26 bits per heavy atom. The van der Waals surface area contributed by atoms with Crippen molar-refractivity contribution in [1.29, 1.82) is 0 Å². The quantitative estimate of drug-likeness (QED) is 0.522. The number of rotatable bonds is 10. The molecule has 1 aromatic rings. The van der Waals surface area contributed by atoms with E-state index in [1.807, 2.05) is 26.0 Å². The molecule has 0 radical (unpaired) electrons. The lowest BCUT2D eigenvalue weighted by molar-refractivity contribution is -0.142. The van der Waals surface area contributed by atoms with Crippen molar-refractivity contribution in [1.82, 2.24) is 0 Å². The van der Waals surface area contributed by atoms with Crippen LogP contribution >= 0.6 is 11.8 Å². The number of nitrogens with one attached hydrogen (secondary N) is 1. The number of anilines is 1. The molecule has 6 heteroatoms. The predicted octanol–water partition coefficient (Wildman–Crippen LogP) is 3.49. The maximum atomic E-state index is 12.0. The number of esters is 1. The maximum Gasteiger partial charge on any atom is 0.318 e. The number of para-hydroxylation sites is 2. The summed E-state index contributed by atoms with van der Waals surface area (Å²) in [5.41, 5.74) is 0.637. The molecule has 0 aliphatic heterocycles. The zero-order valence-corrected chi connectivity index (χ0v) is 14.8. The standard InChI is InChI=1S/C17H25NO4S/c1-4-6-11-22-17(20)13(3)23-12-16(19)18-14-9-7-8-10-15(14)21-5-2/h7-10,13H,4-6,11-12H2,1-3H3,(H,18,19). The summed E-state index contributed by atoms with van der Waals surface area (Å²) < 4.78 is 10.6. The summed E-state index contributed by atoms with van der Waals surface area (Å²) in [4.78, 5) is 23.7. The van der Waals surface area contributed by atoms with Crippen LogP contribution in [0.1, 0.15) is 33.6 Å². The second kappa shape index (κ2) is 10.9. The van der Waals surface area contributed by atoms with Gasteiger partial charge in [-0.25, -0.2) is 0 Å². The first kappa shape index (κ1) is 19.4. The van der Waals surface area contributed by atoms with Gasteiger partial charge < -0.3 is 14.8 Å². The molecule has 128 valence electrons. The molecule has 1 atom stereocenters. The van der Waals surface area contributed by atoms with Crippen LogP contribution in [-0.4, -0.2) is 36.1 Å². The molecule has 0 fully saturated rings. The SMILES string of the molecule is CCCCOC(=O)C(C)SCC(=O)Nc1ccccc1OCC. The number of ether oxygens (including phenoxy) is 2. The van der Waals surface area contributed by atoms with Crippen LogP contribution in [0.2, 0.25) is 0 Å². The molecule has 1 unspecified atom stereocenters. The number of carbonyl (C=O) groups is 2. The lowest BCUT2D eigenvalue weighted by Gasteiger charge is -2.13. The minimum Gasteiger partial charge on any atom is -0.492 e. The summed E-state index contributed by atoms with van der Waals surface area (Å²) >= 11 is 1.26. The Hall–Kier alpha value is -1.69. The van der Waals surface area contributed by atoms with Gasteiger partial charge in [-0.15, -0.1) is 11.8 Å². The van der Waals surface area contributed by atoms with Gasteiger partial charge >= 0.3 is 5.97 Å². The van der Waals surface area contributed by atoms with Crippen LogP contribution in [-0.2, 0) is 14.3 Å². The molecule has 0 heterocycles. The number of hydrogen-bond donors (Lipinski definition) is 1. The number of amides is 1. The van der Waals surface area contributed by atoms with Crippen LogP contribution in [0.5, 0.6) is 5.75 Å². The minimum atomic E-state index is -0.361. The fourth-order valence-electron chi connectivity index (χ4n) is 1.74. The zero-order chi connectivity index (χ0) is 17.1. The van der Waals surface area contributed by atoms with Crippen LogP contribution < -0.4 is 10.1 Å². The second-order valence-corrected chi connectivity index (χ2v) is 6.28. The van der Waals surface area contributed by atoms with Gasteiger partial charge in [0.05, 0.1) is 24.7 Å². The summed E-state index contributed by atoms with van der Waals surface area (Å²) in [6, 6.07) is 7.28. The molecule has 0 saturated carbocycles. The Kier molecular flexibility index (Phi) is 9.21. The molecule has 0 aromatic heterocycles. The van der Waals surface area contributed by atoms with Gasteiger partial charge in [0.1, 0.15) is 11.0 Å². The third-order valence-electron chi connectivity index (χ3n) is 3.00. The van der Waals surface area contributed by atoms with E-state index in [-0.39, 0.29) is 22.9 Å². The van der Waals surface area contributed by atoms with Crippen LogP contribution in [0, 0.1) is 0 Å². The third kappa shape index (κ3) is 7.41. The van der Waals surface area contributed by atoms with E-state index in [0.717, 1.165) is 12.8 Å². The summed E-state index contributed by atoms with van der Waals surface area (Å²) in [6.07, 6.45) is 1.84. The topological polar surface area (TPSA) is 64.6 Å². The van der Waals surface area contributed by atoms with Crippen LogP contribution in [0.15, 0.2) is 24.3 Å². The average molecular weight is 339 g/mol. The molecule has 5 nitrogen and oxygen atoms in total. The molecule has 0 spiro atoms. The van der Waals surface area contributed by atoms with Crippen molar-refractivity contribution in [2.45, 2.75) is 38.9 Å². The van der Waals surface area contributed by atoms with E-state index in [4.69, 9.17) is 9.47 Å². The zero-order valence-electron chi connectivity index (χ0n) is 14.0. The molecule has 1 N–H and O–H groups in total. The largest absolute Gasteiger partial charge is 0.492 e.